The lowest BCUT2D eigenvalue weighted by Crippen LogP contribution is -2.50. The number of amides is 1. The van der Waals surface area contributed by atoms with E-state index in [2.05, 4.69) is 5.32 Å². The van der Waals surface area contributed by atoms with Gasteiger partial charge in [-0.3, -0.25) is 14.9 Å². The zero-order valence-corrected chi connectivity index (χ0v) is 11.9. The maximum absolute atomic E-state index is 12.0. The highest BCUT2D eigenvalue weighted by Crippen LogP contribution is 2.06. The van der Waals surface area contributed by atoms with Crippen LogP contribution in [-0.4, -0.2) is 60.3 Å². The Labute approximate surface area is 114 Å². The summed E-state index contributed by atoms with van der Waals surface area (Å²) in [5.74, 6) is -0.700. The number of aliphatic carboxylic acids is 1. The molecule has 1 amide bonds. The Morgan fingerprint density at radius 2 is 2.16 bits per heavy atom. The lowest BCUT2D eigenvalue weighted by molar-refractivity contribution is -0.141. The first-order valence-corrected chi connectivity index (χ1v) is 6.75. The van der Waals surface area contributed by atoms with Crippen molar-refractivity contribution in [3.05, 3.63) is 0 Å². The van der Waals surface area contributed by atoms with Gasteiger partial charge in [-0.05, 0) is 19.3 Å². The molecule has 0 spiro atoms. The molecule has 2 N–H and O–H groups in total. The Balaban J connectivity index is 2.40. The predicted molar refractivity (Wildman–Crippen MR) is 70.9 cm³/mol. The molecule has 0 aliphatic carbocycles. The summed E-state index contributed by atoms with van der Waals surface area (Å²) in [6, 6.07) is -0.664. The number of carbonyl (C=O) groups is 2. The van der Waals surface area contributed by atoms with Crippen LogP contribution in [0.15, 0.2) is 0 Å². The van der Waals surface area contributed by atoms with Gasteiger partial charge in [0.05, 0.1) is 19.3 Å². The van der Waals surface area contributed by atoms with Gasteiger partial charge in [-0.15, -0.1) is 0 Å². The number of nitrogens with zero attached hydrogens (tertiary/aromatic N) is 1. The van der Waals surface area contributed by atoms with Gasteiger partial charge in [0.15, 0.2) is 0 Å². The summed E-state index contributed by atoms with van der Waals surface area (Å²) in [6.45, 7) is 7.60. The summed E-state index contributed by atoms with van der Waals surface area (Å²) in [5.41, 5.74) is 0. The van der Waals surface area contributed by atoms with Crippen molar-refractivity contribution in [3.63, 3.8) is 0 Å². The molecule has 0 bridgehead atoms. The van der Waals surface area contributed by atoms with E-state index in [4.69, 9.17) is 9.84 Å². The molecule has 110 valence electrons. The monoisotopic (exact) mass is 272 g/mol. The molecule has 1 heterocycles. The Hall–Kier alpha value is -1.14. The Bertz CT molecular complexity index is 320. The summed E-state index contributed by atoms with van der Waals surface area (Å²) in [5, 5.41) is 11.9. The Morgan fingerprint density at radius 3 is 2.68 bits per heavy atom. The van der Waals surface area contributed by atoms with Crippen molar-refractivity contribution in [1.82, 2.24) is 10.2 Å². The minimum absolute atomic E-state index is 0.0450. The molecule has 0 aromatic rings. The first-order valence-electron chi connectivity index (χ1n) is 6.75. The third kappa shape index (κ3) is 5.57. The standard InChI is InChI=1S/C13H24N2O4/c1-9(2)6-11(13(17)18)14-7-12(16)15-4-5-19-10(3)8-15/h9-11,14H,4-8H2,1-3H3,(H,17,18). The quantitative estimate of drug-likeness (QED) is 0.728. The number of hydrogen-bond donors (Lipinski definition) is 2. The zero-order valence-electron chi connectivity index (χ0n) is 11.9. The minimum atomic E-state index is -0.906. The highest BCUT2D eigenvalue weighted by Gasteiger charge is 2.24. The van der Waals surface area contributed by atoms with E-state index in [1.807, 2.05) is 20.8 Å². The largest absolute Gasteiger partial charge is 0.480 e. The highest BCUT2D eigenvalue weighted by atomic mass is 16.5. The molecule has 0 saturated carbocycles. The summed E-state index contributed by atoms with van der Waals surface area (Å²) in [4.78, 5) is 24.8. The predicted octanol–water partition coefficient (Wildman–Crippen LogP) is 0.323. The van der Waals surface area contributed by atoms with Gasteiger partial charge < -0.3 is 14.7 Å². The van der Waals surface area contributed by atoms with Crippen molar-refractivity contribution < 1.29 is 19.4 Å². The van der Waals surface area contributed by atoms with Crippen molar-refractivity contribution in [3.8, 4) is 0 Å². The fourth-order valence-corrected chi connectivity index (χ4v) is 2.11. The fraction of sp³-hybridized carbons (Fsp3) is 0.846. The molecule has 1 aliphatic rings. The van der Waals surface area contributed by atoms with Crippen LogP contribution in [0.2, 0.25) is 0 Å². The van der Waals surface area contributed by atoms with E-state index in [1.165, 1.54) is 0 Å². The van der Waals surface area contributed by atoms with Crippen LogP contribution in [0.4, 0.5) is 0 Å². The first-order chi connectivity index (χ1) is 8.90. The maximum Gasteiger partial charge on any atom is 0.320 e. The van der Waals surface area contributed by atoms with E-state index in [0.717, 1.165) is 0 Å². The number of rotatable bonds is 6. The molecular formula is C13H24N2O4. The molecule has 2 unspecified atom stereocenters. The van der Waals surface area contributed by atoms with Gasteiger partial charge in [-0.25, -0.2) is 0 Å². The maximum atomic E-state index is 12.0. The Kier molecular flexibility index (Phi) is 6.24. The second kappa shape index (κ2) is 7.45. The van der Waals surface area contributed by atoms with Gasteiger partial charge in [0.25, 0.3) is 0 Å². The lowest BCUT2D eigenvalue weighted by Gasteiger charge is -2.31. The van der Waals surface area contributed by atoms with E-state index < -0.39 is 12.0 Å². The van der Waals surface area contributed by atoms with Crippen molar-refractivity contribution in [2.75, 3.05) is 26.2 Å². The van der Waals surface area contributed by atoms with Crippen LogP contribution < -0.4 is 5.32 Å². The van der Waals surface area contributed by atoms with Crippen molar-refractivity contribution >= 4 is 11.9 Å². The van der Waals surface area contributed by atoms with Gasteiger partial charge in [0, 0.05) is 13.1 Å². The van der Waals surface area contributed by atoms with Gasteiger partial charge in [0.2, 0.25) is 5.91 Å². The number of morpholine rings is 1. The minimum Gasteiger partial charge on any atom is -0.480 e. The molecule has 0 aromatic carbocycles. The zero-order chi connectivity index (χ0) is 14.4. The molecule has 2 atom stereocenters. The number of carboxylic acids is 1. The van der Waals surface area contributed by atoms with Crippen molar-refractivity contribution in [2.45, 2.75) is 39.3 Å². The van der Waals surface area contributed by atoms with E-state index >= 15 is 0 Å². The molecule has 0 aromatic heterocycles. The number of ether oxygens (including phenoxy) is 1. The van der Waals surface area contributed by atoms with Crippen LogP contribution in [0.25, 0.3) is 0 Å². The summed E-state index contributed by atoms with van der Waals surface area (Å²) in [6.07, 6.45) is 0.561. The van der Waals surface area contributed by atoms with Crippen LogP contribution in [-0.2, 0) is 14.3 Å². The molecule has 1 saturated heterocycles. The lowest BCUT2D eigenvalue weighted by atomic mass is 10.0. The highest BCUT2D eigenvalue weighted by molar-refractivity contribution is 5.80. The average Bonchev–Trinajstić information content (AvgIpc) is 2.33. The van der Waals surface area contributed by atoms with Crippen molar-refractivity contribution in [1.29, 1.82) is 0 Å². The van der Waals surface area contributed by atoms with Gasteiger partial charge in [0.1, 0.15) is 6.04 Å². The number of hydrogen-bond acceptors (Lipinski definition) is 4. The SMILES string of the molecule is CC(C)CC(NCC(=O)N1CCOC(C)C1)C(=O)O. The number of carbonyl (C=O) groups excluding carboxylic acids is 1. The third-order valence-electron chi connectivity index (χ3n) is 3.10. The van der Waals surface area contributed by atoms with Crippen molar-refractivity contribution in [2.24, 2.45) is 5.92 Å². The Morgan fingerprint density at radius 1 is 1.47 bits per heavy atom. The van der Waals surface area contributed by atoms with E-state index in [-0.39, 0.29) is 24.5 Å². The molecule has 6 nitrogen and oxygen atoms in total. The summed E-state index contributed by atoms with van der Waals surface area (Å²) < 4.78 is 5.37. The van der Waals surface area contributed by atoms with Gasteiger partial charge >= 0.3 is 5.97 Å². The van der Waals surface area contributed by atoms with Gasteiger partial charge in [-0.2, -0.15) is 0 Å². The van der Waals surface area contributed by atoms with E-state index in [1.54, 1.807) is 4.90 Å². The summed E-state index contributed by atoms with van der Waals surface area (Å²) in [7, 11) is 0. The first kappa shape index (κ1) is 15.9. The van der Waals surface area contributed by atoms with Crippen LogP contribution >= 0.6 is 0 Å². The average molecular weight is 272 g/mol. The molecular weight excluding hydrogens is 248 g/mol. The van der Waals surface area contributed by atoms with Crippen LogP contribution in [0.1, 0.15) is 27.2 Å². The number of nitrogens with one attached hydrogen (secondary N) is 1. The molecule has 1 rings (SSSR count). The third-order valence-corrected chi connectivity index (χ3v) is 3.10. The number of carboxylic acid groups (broad SMARTS) is 1. The second-order valence-corrected chi connectivity index (χ2v) is 5.42. The molecule has 1 fully saturated rings. The molecule has 0 radical (unpaired) electrons. The smallest absolute Gasteiger partial charge is 0.320 e. The fourth-order valence-electron chi connectivity index (χ4n) is 2.11. The van der Waals surface area contributed by atoms with Crippen LogP contribution in [0.5, 0.6) is 0 Å². The van der Waals surface area contributed by atoms with Crippen LogP contribution in [0.3, 0.4) is 0 Å². The van der Waals surface area contributed by atoms with Crippen LogP contribution in [0, 0.1) is 5.92 Å². The molecule has 6 heteroatoms. The van der Waals surface area contributed by atoms with Gasteiger partial charge in [-0.1, -0.05) is 13.8 Å². The van der Waals surface area contributed by atoms with E-state index in [9.17, 15) is 9.59 Å². The summed E-state index contributed by atoms with van der Waals surface area (Å²) >= 11 is 0. The van der Waals surface area contributed by atoms with E-state index in [0.29, 0.717) is 26.1 Å². The second-order valence-electron chi connectivity index (χ2n) is 5.42. The normalized spacial score (nSPS) is 21.5. The molecule has 1 aliphatic heterocycles. The molecule has 19 heavy (non-hydrogen) atoms. The topological polar surface area (TPSA) is 78.9 Å².